The lowest BCUT2D eigenvalue weighted by molar-refractivity contribution is -0.153. The third-order valence-electron chi connectivity index (χ3n) is 3.82. The van der Waals surface area contributed by atoms with E-state index in [1.807, 2.05) is 12.1 Å². The van der Waals surface area contributed by atoms with Crippen LogP contribution in [0.4, 0.5) is 5.69 Å². The first-order valence-electron chi connectivity index (χ1n) is 6.51. The van der Waals surface area contributed by atoms with Gasteiger partial charge < -0.3 is 15.4 Å². The number of nitrogens with two attached hydrogens (primary N) is 1. The molecule has 0 fully saturated rings. The third-order valence-corrected chi connectivity index (χ3v) is 3.82. The number of nitrogens with zero attached hydrogens (tertiary/aromatic N) is 1. The van der Waals surface area contributed by atoms with E-state index >= 15 is 0 Å². The van der Waals surface area contributed by atoms with E-state index in [1.54, 1.807) is 17.9 Å². The summed E-state index contributed by atoms with van der Waals surface area (Å²) in [7, 11) is 0. The predicted octanol–water partition coefficient (Wildman–Crippen LogP) is 0.697. The number of hydrogen-bond donors (Lipinski definition) is 1. The molecule has 0 aromatic heterocycles. The Hall–Kier alpha value is -1.88. The van der Waals surface area contributed by atoms with Crippen LogP contribution in [0.2, 0.25) is 0 Å². The highest BCUT2D eigenvalue weighted by Gasteiger charge is 2.56. The monoisotopic (exact) mass is 260 g/mol. The summed E-state index contributed by atoms with van der Waals surface area (Å²) >= 11 is 0. The van der Waals surface area contributed by atoms with Gasteiger partial charge in [-0.15, -0.1) is 0 Å². The molecule has 0 saturated heterocycles. The van der Waals surface area contributed by atoms with Crippen molar-refractivity contribution in [1.29, 1.82) is 0 Å². The van der Waals surface area contributed by atoms with Gasteiger partial charge in [0.1, 0.15) is 0 Å². The van der Waals surface area contributed by atoms with Crippen LogP contribution >= 0.6 is 0 Å². The zero-order valence-electron chi connectivity index (χ0n) is 10.8. The van der Waals surface area contributed by atoms with Crippen molar-refractivity contribution in [3.63, 3.8) is 0 Å². The van der Waals surface area contributed by atoms with Crippen LogP contribution in [0.15, 0.2) is 18.2 Å². The van der Waals surface area contributed by atoms with Gasteiger partial charge in [0.15, 0.2) is 0 Å². The maximum Gasteiger partial charge on any atom is 0.340 e. The topological polar surface area (TPSA) is 72.6 Å². The fourth-order valence-electron chi connectivity index (χ4n) is 2.94. The van der Waals surface area contributed by atoms with E-state index < -0.39 is 11.5 Å². The lowest BCUT2D eigenvalue weighted by Crippen LogP contribution is -2.54. The summed E-state index contributed by atoms with van der Waals surface area (Å²) in [5, 5.41) is 0. The zero-order valence-corrected chi connectivity index (χ0v) is 10.8. The molecule has 0 radical (unpaired) electrons. The fraction of sp³-hybridized carbons (Fsp3) is 0.429. The lowest BCUT2D eigenvalue weighted by Gasteiger charge is -2.25. The van der Waals surface area contributed by atoms with Gasteiger partial charge in [-0.25, -0.2) is 4.79 Å². The maximum absolute atomic E-state index is 12.5. The summed E-state index contributed by atoms with van der Waals surface area (Å²) in [6.07, 6.45) is 1.80. The fourth-order valence-corrected chi connectivity index (χ4v) is 2.94. The summed E-state index contributed by atoms with van der Waals surface area (Å²) in [6.45, 7) is 2.52. The average molecular weight is 260 g/mol. The number of esters is 1. The largest absolute Gasteiger partial charge is 0.464 e. The van der Waals surface area contributed by atoms with Crippen molar-refractivity contribution in [2.24, 2.45) is 5.73 Å². The van der Waals surface area contributed by atoms with E-state index in [4.69, 9.17) is 10.5 Å². The van der Waals surface area contributed by atoms with Gasteiger partial charge >= 0.3 is 5.97 Å². The van der Waals surface area contributed by atoms with Crippen LogP contribution in [0.3, 0.4) is 0 Å². The van der Waals surface area contributed by atoms with Gasteiger partial charge in [0.25, 0.3) is 5.91 Å². The van der Waals surface area contributed by atoms with Crippen molar-refractivity contribution in [1.82, 2.24) is 0 Å². The number of aryl methyl sites for hydroxylation is 1. The molecule has 1 amide bonds. The quantitative estimate of drug-likeness (QED) is 0.627. The zero-order chi connectivity index (χ0) is 13.6. The highest BCUT2D eigenvalue weighted by atomic mass is 16.5. The van der Waals surface area contributed by atoms with Crippen molar-refractivity contribution in [2.75, 3.05) is 18.1 Å². The van der Waals surface area contributed by atoms with Gasteiger partial charge in [-0.2, -0.15) is 0 Å². The highest BCUT2D eigenvalue weighted by molar-refractivity contribution is 6.20. The Bertz CT molecular complexity index is 570. The molecule has 100 valence electrons. The van der Waals surface area contributed by atoms with Crippen LogP contribution in [0.5, 0.6) is 0 Å². The first-order chi connectivity index (χ1) is 9.10. The number of amides is 1. The molecule has 5 nitrogen and oxygen atoms in total. The van der Waals surface area contributed by atoms with Gasteiger partial charge in [-0.1, -0.05) is 18.2 Å². The minimum atomic E-state index is -1.67. The molecule has 0 saturated carbocycles. The molecule has 0 aliphatic carbocycles. The SMILES string of the molecule is CCOC(=O)C1(N)C(=O)N2CCCc3cccc1c32. The molecule has 0 bridgehead atoms. The summed E-state index contributed by atoms with van der Waals surface area (Å²) in [5.41, 5.74) is 6.93. The Morgan fingerprint density at radius 2 is 2.32 bits per heavy atom. The molecule has 0 spiro atoms. The van der Waals surface area contributed by atoms with Gasteiger partial charge in [0.05, 0.1) is 12.3 Å². The molecular formula is C14H16N2O3. The Morgan fingerprint density at radius 1 is 1.53 bits per heavy atom. The van der Waals surface area contributed by atoms with E-state index in [-0.39, 0.29) is 12.5 Å². The van der Waals surface area contributed by atoms with Crippen LogP contribution in [0.25, 0.3) is 0 Å². The molecule has 1 atom stereocenters. The first-order valence-corrected chi connectivity index (χ1v) is 6.51. The van der Waals surface area contributed by atoms with E-state index in [0.717, 1.165) is 24.1 Å². The maximum atomic E-state index is 12.5. The number of carbonyl (C=O) groups excluding carboxylic acids is 2. The van der Waals surface area contributed by atoms with Crippen molar-refractivity contribution in [3.05, 3.63) is 29.3 Å². The van der Waals surface area contributed by atoms with Gasteiger partial charge in [0.2, 0.25) is 5.54 Å². The first kappa shape index (κ1) is 12.2. The van der Waals surface area contributed by atoms with Gasteiger partial charge in [0, 0.05) is 12.1 Å². The number of ether oxygens (including phenoxy) is 1. The van der Waals surface area contributed by atoms with Crippen LogP contribution in [-0.2, 0) is 26.3 Å². The third kappa shape index (κ3) is 1.45. The molecule has 2 heterocycles. The van der Waals surface area contributed by atoms with Crippen LogP contribution < -0.4 is 10.6 Å². The minimum Gasteiger partial charge on any atom is -0.464 e. The molecule has 3 rings (SSSR count). The number of para-hydroxylation sites is 1. The molecule has 2 aliphatic rings. The average Bonchev–Trinajstić information content (AvgIpc) is 2.65. The molecule has 19 heavy (non-hydrogen) atoms. The number of carbonyl (C=O) groups is 2. The Balaban J connectivity index is 2.18. The van der Waals surface area contributed by atoms with Gasteiger partial charge in [-0.3, -0.25) is 4.79 Å². The molecule has 1 unspecified atom stereocenters. The Labute approximate surface area is 111 Å². The standard InChI is InChI=1S/C14H16N2O3/c1-2-19-13(18)14(15)10-7-3-5-9-6-4-8-16(11(9)10)12(14)17/h3,5,7H,2,4,6,8,15H2,1H3. The summed E-state index contributed by atoms with van der Waals surface area (Å²) in [4.78, 5) is 26.3. The summed E-state index contributed by atoms with van der Waals surface area (Å²) < 4.78 is 5.00. The summed E-state index contributed by atoms with van der Waals surface area (Å²) in [5.74, 6) is -1.03. The predicted molar refractivity (Wildman–Crippen MR) is 69.6 cm³/mol. The van der Waals surface area contributed by atoms with Crippen LogP contribution in [-0.4, -0.2) is 25.0 Å². The summed E-state index contributed by atoms with van der Waals surface area (Å²) in [6, 6.07) is 5.57. The van der Waals surface area contributed by atoms with Crippen molar-refractivity contribution in [3.8, 4) is 0 Å². The second-order valence-corrected chi connectivity index (χ2v) is 4.90. The lowest BCUT2D eigenvalue weighted by atomic mass is 9.90. The molecule has 1 aromatic carbocycles. The van der Waals surface area contributed by atoms with E-state index in [0.29, 0.717) is 12.1 Å². The van der Waals surface area contributed by atoms with E-state index in [1.165, 1.54) is 0 Å². The smallest absolute Gasteiger partial charge is 0.340 e. The molecule has 5 heteroatoms. The highest BCUT2D eigenvalue weighted by Crippen LogP contribution is 2.44. The number of benzene rings is 1. The Kier molecular flexibility index (Phi) is 2.60. The van der Waals surface area contributed by atoms with E-state index in [9.17, 15) is 9.59 Å². The Morgan fingerprint density at radius 3 is 3.05 bits per heavy atom. The number of anilines is 1. The number of hydrogen-bond acceptors (Lipinski definition) is 4. The van der Waals surface area contributed by atoms with E-state index in [2.05, 4.69) is 0 Å². The molecule has 1 aromatic rings. The molecular weight excluding hydrogens is 244 g/mol. The molecule has 2 aliphatic heterocycles. The number of rotatable bonds is 2. The minimum absolute atomic E-state index is 0.208. The second-order valence-electron chi connectivity index (χ2n) is 4.90. The van der Waals surface area contributed by atoms with Gasteiger partial charge in [-0.05, 0) is 25.3 Å². The second kappa shape index (κ2) is 4.06. The normalized spacial score (nSPS) is 24.3. The van der Waals surface area contributed by atoms with Crippen molar-refractivity contribution < 1.29 is 14.3 Å². The van der Waals surface area contributed by atoms with Crippen LogP contribution in [0, 0.1) is 0 Å². The van der Waals surface area contributed by atoms with Crippen LogP contribution in [0.1, 0.15) is 24.5 Å². The molecule has 2 N–H and O–H groups in total. The van der Waals surface area contributed by atoms with Crippen molar-refractivity contribution in [2.45, 2.75) is 25.3 Å². The van der Waals surface area contributed by atoms with Crippen molar-refractivity contribution >= 4 is 17.6 Å².